The third-order valence-corrected chi connectivity index (χ3v) is 4.85. The fourth-order valence-corrected chi connectivity index (χ4v) is 2.90. The van der Waals surface area contributed by atoms with E-state index in [1.54, 1.807) is 32.0 Å². The summed E-state index contributed by atoms with van der Waals surface area (Å²) in [6.07, 6.45) is -0.751. The van der Waals surface area contributed by atoms with Gasteiger partial charge in [-0.05, 0) is 30.7 Å². The summed E-state index contributed by atoms with van der Waals surface area (Å²) >= 11 is 0.609. The van der Waals surface area contributed by atoms with Crippen LogP contribution in [0.15, 0.2) is 41.7 Å². The summed E-state index contributed by atoms with van der Waals surface area (Å²) in [6.45, 7) is 3.52. The number of amides is 1. The number of carbonyl (C=O) groups excluding carboxylic acids is 2. The zero-order valence-corrected chi connectivity index (χ0v) is 16.2. The minimum absolute atomic E-state index is 0.0352. The predicted octanol–water partition coefficient (Wildman–Crippen LogP) is 4.14. The summed E-state index contributed by atoms with van der Waals surface area (Å²) in [5.41, 5.74) is 1.58. The number of carbonyl (C=O) groups is 2. The third-order valence-electron chi connectivity index (χ3n) is 3.84. The molecular formula is C19H20F3N3O2S. The third kappa shape index (κ3) is 6.95. The number of Topliss-reactive ketones (excluding diaryl/α,β-unsaturated/α-hetero) is 1. The van der Waals surface area contributed by atoms with Crippen molar-refractivity contribution in [1.82, 2.24) is 15.3 Å². The molecule has 2 rings (SSSR count). The lowest BCUT2D eigenvalue weighted by molar-refractivity contribution is -0.118. The minimum atomic E-state index is -4.25. The maximum absolute atomic E-state index is 12.4. The molecule has 150 valence electrons. The van der Waals surface area contributed by atoms with Crippen LogP contribution in [0.3, 0.4) is 0 Å². The quantitative estimate of drug-likeness (QED) is 0.661. The van der Waals surface area contributed by atoms with Gasteiger partial charge in [0.15, 0.2) is 0 Å². The Morgan fingerprint density at radius 2 is 1.96 bits per heavy atom. The lowest BCUT2D eigenvalue weighted by Gasteiger charge is -2.15. The Hall–Kier alpha value is -2.42. The smallest absolute Gasteiger partial charge is 0.345 e. The van der Waals surface area contributed by atoms with E-state index in [4.69, 9.17) is 0 Å². The fourth-order valence-electron chi connectivity index (χ4n) is 2.30. The van der Waals surface area contributed by atoms with Crippen molar-refractivity contribution in [3.05, 3.63) is 53.5 Å². The van der Waals surface area contributed by atoms with Crippen LogP contribution in [0.4, 0.5) is 13.2 Å². The van der Waals surface area contributed by atoms with Crippen molar-refractivity contribution in [1.29, 1.82) is 0 Å². The van der Waals surface area contributed by atoms with Crippen molar-refractivity contribution in [3.63, 3.8) is 0 Å². The number of alkyl halides is 3. The van der Waals surface area contributed by atoms with Crippen LogP contribution in [-0.4, -0.2) is 33.6 Å². The van der Waals surface area contributed by atoms with E-state index in [9.17, 15) is 22.8 Å². The van der Waals surface area contributed by atoms with Gasteiger partial charge in [0.05, 0.1) is 16.8 Å². The molecule has 0 spiro atoms. The standard InChI is InChI=1S/C19H20F3N3O2S/c1-3-16(26)9-15-8-13(6-7-23-15)18(27)25-12(2)14-4-5-17(24-10-14)28-11-19(20,21)22/h4-8,10,12H,3,9,11H2,1-2H3,(H,25,27). The van der Waals surface area contributed by atoms with Crippen molar-refractivity contribution < 1.29 is 22.8 Å². The summed E-state index contributed by atoms with van der Waals surface area (Å²) in [5.74, 6) is -1.31. The zero-order chi connectivity index (χ0) is 20.7. The van der Waals surface area contributed by atoms with E-state index in [1.807, 2.05) is 0 Å². The number of thioether (sulfide) groups is 1. The van der Waals surface area contributed by atoms with Gasteiger partial charge < -0.3 is 5.32 Å². The molecule has 1 atom stereocenters. The first-order valence-corrected chi connectivity index (χ1v) is 9.59. The fraction of sp³-hybridized carbons (Fsp3) is 0.368. The molecule has 0 aliphatic rings. The Labute approximate surface area is 165 Å². The molecular weight excluding hydrogens is 391 g/mol. The van der Waals surface area contributed by atoms with Gasteiger partial charge in [-0.3, -0.25) is 14.6 Å². The van der Waals surface area contributed by atoms with Crippen LogP contribution < -0.4 is 5.32 Å². The molecule has 0 saturated heterocycles. The van der Waals surface area contributed by atoms with Gasteiger partial charge in [0, 0.05) is 36.5 Å². The van der Waals surface area contributed by atoms with Crippen molar-refractivity contribution in [2.75, 3.05) is 5.75 Å². The Morgan fingerprint density at radius 3 is 2.57 bits per heavy atom. The molecule has 0 aromatic carbocycles. The van der Waals surface area contributed by atoms with E-state index >= 15 is 0 Å². The van der Waals surface area contributed by atoms with Gasteiger partial charge >= 0.3 is 6.18 Å². The molecule has 0 fully saturated rings. The van der Waals surface area contributed by atoms with E-state index in [0.717, 1.165) is 0 Å². The van der Waals surface area contributed by atoms with Crippen molar-refractivity contribution >= 4 is 23.5 Å². The molecule has 2 aromatic heterocycles. The van der Waals surface area contributed by atoms with Gasteiger partial charge in [-0.25, -0.2) is 4.98 Å². The number of rotatable bonds is 8. The van der Waals surface area contributed by atoms with E-state index < -0.39 is 18.0 Å². The van der Waals surface area contributed by atoms with Crippen molar-refractivity contribution in [2.45, 2.75) is 43.9 Å². The topological polar surface area (TPSA) is 72.0 Å². The van der Waals surface area contributed by atoms with Gasteiger partial charge in [0.25, 0.3) is 5.91 Å². The monoisotopic (exact) mass is 411 g/mol. The molecule has 0 aliphatic heterocycles. The number of hydrogen-bond donors (Lipinski definition) is 1. The molecule has 2 aromatic rings. The van der Waals surface area contributed by atoms with Gasteiger partial charge in [0.1, 0.15) is 5.78 Å². The van der Waals surface area contributed by atoms with E-state index in [1.165, 1.54) is 18.5 Å². The van der Waals surface area contributed by atoms with Crippen LogP contribution in [-0.2, 0) is 11.2 Å². The number of pyridine rings is 2. The number of hydrogen-bond acceptors (Lipinski definition) is 5. The first-order valence-electron chi connectivity index (χ1n) is 8.61. The van der Waals surface area contributed by atoms with Crippen molar-refractivity contribution in [3.8, 4) is 0 Å². The number of ketones is 1. The second-order valence-corrected chi connectivity index (χ2v) is 7.13. The number of nitrogens with one attached hydrogen (secondary N) is 1. The summed E-state index contributed by atoms with van der Waals surface area (Å²) < 4.78 is 36.8. The van der Waals surface area contributed by atoms with Crippen LogP contribution in [0.1, 0.15) is 47.9 Å². The number of halogens is 3. The molecule has 1 amide bonds. The van der Waals surface area contributed by atoms with Crippen molar-refractivity contribution in [2.24, 2.45) is 0 Å². The maximum Gasteiger partial charge on any atom is 0.398 e. The first kappa shape index (κ1) is 21.9. The predicted molar refractivity (Wildman–Crippen MR) is 100 cm³/mol. The number of aromatic nitrogens is 2. The molecule has 0 saturated carbocycles. The van der Waals surface area contributed by atoms with Crippen LogP contribution >= 0.6 is 11.8 Å². The second-order valence-electron chi connectivity index (χ2n) is 6.13. The van der Waals surface area contributed by atoms with Gasteiger partial charge in [-0.1, -0.05) is 24.8 Å². The van der Waals surface area contributed by atoms with Crippen LogP contribution in [0.2, 0.25) is 0 Å². The Bertz CT molecular complexity index is 826. The molecule has 1 unspecified atom stereocenters. The molecule has 9 heteroatoms. The molecule has 1 N–H and O–H groups in total. The molecule has 5 nitrogen and oxygen atoms in total. The maximum atomic E-state index is 12.4. The van der Waals surface area contributed by atoms with E-state index in [-0.39, 0.29) is 23.1 Å². The normalized spacial score (nSPS) is 12.5. The minimum Gasteiger partial charge on any atom is -0.345 e. The lowest BCUT2D eigenvalue weighted by atomic mass is 10.1. The average Bonchev–Trinajstić information content (AvgIpc) is 2.66. The molecule has 0 aliphatic carbocycles. The van der Waals surface area contributed by atoms with Crippen LogP contribution in [0.5, 0.6) is 0 Å². The molecule has 2 heterocycles. The Balaban J connectivity index is 1.98. The zero-order valence-electron chi connectivity index (χ0n) is 15.4. The highest BCUT2D eigenvalue weighted by molar-refractivity contribution is 7.99. The molecule has 0 bridgehead atoms. The summed E-state index contributed by atoms with van der Waals surface area (Å²) in [6, 6.07) is 5.86. The molecule has 28 heavy (non-hydrogen) atoms. The summed E-state index contributed by atoms with van der Waals surface area (Å²) in [4.78, 5) is 32.1. The average molecular weight is 411 g/mol. The molecule has 0 radical (unpaired) electrons. The summed E-state index contributed by atoms with van der Waals surface area (Å²) in [5, 5.41) is 3.07. The van der Waals surface area contributed by atoms with Gasteiger partial charge in [-0.15, -0.1) is 0 Å². The Kier molecular flexibility index (Phi) is 7.56. The number of nitrogens with zero attached hydrogens (tertiary/aromatic N) is 2. The first-order chi connectivity index (χ1) is 13.2. The van der Waals surface area contributed by atoms with Crippen LogP contribution in [0.25, 0.3) is 0 Å². The lowest BCUT2D eigenvalue weighted by Crippen LogP contribution is -2.27. The highest BCUT2D eigenvalue weighted by Gasteiger charge is 2.27. The van der Waals surface area contributed by atoms with Gasteiger partial charge in [-0.2, -0.15) is 13.2 Å². The van der Waals surface area contributed by atoms with E-state index in [0.29, 0.717) is 35.0 Å². The Morgan fingerprint density at radius 1 is 1.21 bits per heavy atom. The highest BCUT2D eigenvalue weighted by Crippen LogP contribution is 2.26. The highest BCUT2D eigenvalue weighted by atomic mass is 32.2. The summed E-state index contributed by atoms with van der Waals surface area (Å²) in [7, 11) is 0. The second kappa shape index (κ2) is 9.68. The van der Waals surface area contributed by atoms with Crippen LogP contribution in [0, 0.1) is 0 Å². The van der Waals surface area contributed by atoms with E-state index in [2.05, 4.69) is 15.3 Å². The van der Waals surface area contributed by atoms with Gasteiger partial charge in [0.2, 0.25) is 0 Å². The SMILES string of the molecule is CCC(=O)Cc1cc(C(=O)NC(C)c2ccc(SCC(F)(F)F)nc2)ccn1. The largest absolute Gasteiger partial charge is 0.398 e.